The Balaban J connectivity index is 0.00000338. The topological polar surface area (TPSA) is 93.8 Å². The number of benzene rings is 1. The van der Waals surface area contributed by atoms with Crippen LogP contribution in [0.25, 0.3) is 0 Å². The highest BCUT2D eigenvalue weighted by molar-refractivity contribution is 14.0. The Morgan fingerprint density at radius 2 is 1.92 bits per heavy atom. The molecule has 0 spiro atoms. The predicted octanol–water partition coefficient (Wildman–Crippen LogP) is 3.34. The number of hydrogen-bond acceptors (Lipinski definition) is 5. The summed E-state index contributed by atoms with van der Waals surface area (Å²) < 4.78 is 10.5. The maximum Gasteiger partial charge on any atom is 0.193 e. The van der Waals surface area contributed by atoms with E-state index in [1.54, 1.807) is 20.4 Å². The van der Waals surface area contributed by atoms with Crippen molar-refractivity contribution >= 4 is 41.4 Å². The van der Waals surface area contributed by atoms with Gasteiger partial charge in [0.05, 0.1) is 14.2 Å². The summed E-state index contributed by atoms with van der Waals surface area (Å²) in [7, 11) is 3.20. The number of rotatable bonds is 9. The summed E-state index contributed by atoms with van der Waals surface area (Å²) in [6, 6.07) is 11.3. The van der Waals surface area contributed by atoms with Gasteiger partial charge >= 0.3 is 0 Å². The molecule has 0 radical (unpaired) electrons. The third-order valence-corrected chi connectivity index (χ3v) is 3.49. The third-order valence-electron chi connectivity index (χ3n) is 3.49. The van der Waals surface area contributed by atoms with E-state index in [-0.39, 0.29) is 24.0 Å². The average molecular weight is 471 g/mol. The lowest BCUT2D eigenvalue weighted by Crippen LogP contribution is -2.23. The van der Waals surface area contributed by atoms with Crippen molar-refractivity contribution in [2.75, 3.05) is 37.9 Å². The van der Waals surface area contributed by atoms with E-state index in [1.165, 1.54) is 0 Å². The van der Waals surface area contributed by atoms with Crippen LogP contribution in [0.1, 0.15) is 12.8 Å². The van der Waals surface area contributed by atoms with Crippen molar-refractivity contribution in [3.63, 3.8) is 0 Å². The first-order valence-electron chi connectivity index (χ1n) is 8.17. The van der Waals surface area contributed by atoms with E-state index in [2.05, 4.69) is 20.6 Å². The Bertz CT molecular complexity index is 683. The van der Waals surface area contributed by atoms with Crippen LogP contribution in [-0.4, -0.2) is 38.3 Å². The second-order valence-electron chi connectivity index (χ2n) is 5.31. The Morgan fingerprint density at radius 3 is 2.62 bits per heavy atom. The molecule has 0 unspecified atom stereocenters. The normalized spacial score (nSPS) is 10.6. The summed E-state index contributed by atoms with van der Waals surface area (Å²) in [6.45, 7) is 1.52. The van der Waals surface area contributed by atoms with E-state index in [1.807, 2.05) is 36.4 Å². The number of aromatic nitrogens is 1. The summed E-state index contributed by atoms with van der Waals surface area (Å²) in [5.41, 5.74) is 6.72. The number of nitrogens with one attached hydrogen (secondary N) is 2. The minimum atomic E-state index is 0. The Kier molecular flexibility index (Phi) is 10.2. The highest BCUT2D eigenvalue weighted by atomic mass is 127. The van der Waals surface area contributed by atoms with Crippen LogP contribution in [0.2, 0.25) is 0 Å². The number of methoxy groups -OCH3 is 2. The molecule has 1 aromatic carbocycles. The van der Waals surface area contributed by atoms with Crippen molar-refractivity contribution in [3.05, 3.63) is 42.6 Å². The van der Waals surface area contributed by atoms with Crippen molar-refractivity contribution in [2.45, 2.75) is 12.8 Å². The molecule has 2 rings (SSSR count). The molecule has 4 N–H and O–H groups in total. The van der Waals surface area contributed by atoms with Gasteiger partial charge in [0, 0.05) is 31.0 Å². The van der Waals surface area contributed by atoms with Gasteiger partial charge in [-0.3, -0.25) is 4.99 Å². The zero-order chi connectivity index (χ0) is 17.9. The molecule has 26 heavy (non-hydrogen) atoms. The van der Waals surface area contributed by atoms with Gasteiger partial charge in [-0.25, -0.2) is 4.98 Å². The Hall–Kier alpha value is -2.23. The molecule has 0 aliphatic rings. The number of nitrogens with two attached hydrogens (primary N) is 1. The van der Waals surface area contributed by atoms with Crippen LogP contribution in [0.15, 0.2) is 47.6 Å². The molecular weight excluding hydrogens is 445 g/mol. The molecule has 1 heterocycles. The van der Waals surface area contributed by atoms with Gasteiger partial charge in [0.1, 0.15) is 5.82 Å². The fourth-order valence-electron chi connectivity index (χ4n) is 2.22. The van der Waals surface area contributed by atoms with Crippen LogP contribution < -0.4 is 25.8 Å². The Labute approximate surface area is 171 Å². The van der Waals surface area contributed by atoms with Gasteiger partial charge in [-0.15, -0.1) is 24.0 Å². The first-order chi connectivity index (χ1) is 12.2. The lowest BCUT2D eigenvalue weighted by Gasteiger charge is -2.11. The summed E-state index contributed by atoms with van der Waals surface area (Å²) in [5, 5.41) is 6.32. The van der Waals surface area contributed by atoms with Gasteiger partial charge in [0.25, 0.3) is 0 Å². The average Bonchev–Trinajstić information content (AvgIpc) is 2.65. The van der Waals surface area contributed by atoms with Crippen molar-refractivity contribution < 1.29 is 9.47 Å². The van der Waals surface area contributed by atoms with Crippen LogP contribution in [-0.2, 0) is 0 Å². The fourth-order valence-corrected chi connectivity index (χ4v) is 2.22. The lowest BCUT2D eigenvalue weighted by atomic mass is 10.3. The smallest absolute Gasteiger partial charge is 0.193 e. The van der Waals surface area contributed by atoms with Crippen molar-refractivity contribution in [3.8, 4) is 11.5 Å². The zero-order valence-corrected chi connectivity index (χ0v) is 17.4. The van der Waals surface area contributed by atoms with E-state index in [9.17, 15) is 0 Å². The highest BCUT2D eigenvalue weighted by Crippen LogP contribution is 2.29. The molecule has 1 aromatic heterocycles. The van der Waals surface area contributed by atoms with Gasteiger partial charge in [-0.05, 0) is 37.1 Å². The number of pyridine rings is 1. The molecule has 7 nitrogen and oxygen atoms in total. The standard InChI is InChI=1S/C18H25N5O2.HI/c1-24-15-9-8-14(13-16(15)25-2)23-18(19)22-12-6-5-11-21-17-7-3-4-10-20-17;/h3-4,7-10,13H,5-6,11-12H2,1-2H3,(H,20,21)(H3,19,22,23);1H. The summed E-state index contributed by atoms with van der Waals surface area (Å²) in [4.78, 5) is 8.54. The zero-order valence-electron chi connectivity index (χ0n) is 15.1. The van der Waals surface area contributed by atoms with Crippen LogP contribution >= 0.6 is 24.0 Å². The number of hydrogen-bond donors (Lipinski definition) is 3. The second-order valence-corrected chi connectivity index (χ2v) is 5.31. The van der Waals surface area contributed by atoms with E-state index in [0.29, 0.717) is 24.0 Å². The summed E-state index contributed by atoms with van der Waals surface area (Å²) >= 11 is 0. The van der Waals surface area contributed by atoms with Crippen molar-refractivity contribution in [1.82, 2.24) is 4.98 Å². The molecule has 0 aliphatic heterocycles. The molecule has 2 aromatic rings. The maximum absolute atomic E-state index is 5.91. The van der Waals surface area contributed by atoms with Gasteiger partial charge in [0.2, 0.25) is 0 Å². The number of nitrogens with zero attached hydrogens (tertiary/aromatic N) is 2. The monoisotopic (exact) mass is 471 g/mol. The number of guanidine groups is 1. The van der Waals surface area contributed by atoms with E-state index < -0.39 is 0 Å². The van der Waals surface area contributed by atoms with Crippen molar-refractivity contribution in [2.24, 2.45) is 10.7 Å². The van der Waals surface area contributed by atoms with Crippen LogP contribution in [0, 0.1) is 0 Å². The van der Waals surface area contributed by atoms with E-state index in [0.717, 1.165) is 30.9 Å². The molecule has 142 valence electrons. The molecule has 0 saturated heterocycles. The van der Waals surface area contributed by atoms with Gasteiger partial charge in [-0.2, -0.15) is 0 Å². The van der Waals surface area contributed by atoms with Gasteiger partial charge < -0.3 is 25.8 Å². The highest BCUT2D eigenvalue weighted by Gasteiger charge is 2.04. The third kappa shape index (κ3) is 7.34. The number of aliphatic imine (C=N–C) groups is 1. The lowest BCUT2D eigenvalue weighted by molar-refractivity contribution is 0.355. The molecule has 0 bridgehead atoms. The SMILES string of the molecule is COc1ccc(NC(N)=NCCCCNc2ccccn2)cc1OC.I. The Morgan fingerprint density at radius 1 is 1.12 bits per heavy atom. The molecule has 0 atom stereocenters. The molecule has 0 amide bonds. The van der Waals surface area contributed by atoms with E-state index in [4.69, 9.17) is 15.2 Å². The quantitative estimate of drug-likeness (QED) is 0.225. The van der Waals surface area contributed by atoms with Crippen LogP contribution in [0.4, 0.5) is 11.5 Å². The summed E-state index contributed by atoms with van der Waals surface area (Å²) in [6.07, 6.45) is 3.70. The van der Waals surface area contributed by atoms with Crippen LogP contribution in [0.3, 0.4) is 0 Å². The minimum Gasteiger partial charge on any atom is -0.493 e. The maximum atomic E-state index is 5.91. The van der Waals surface area contributed by atoms with Gasteiger partial charge in [0.15, 0.2) is 17.5 Å². The number of unbranched alkanes of at least 4 members (excludes halogenated alkanes) is 1. The van der Waals surface area contributed by atoms with Gasteiger partial charge in [-0.1, -0.05) is 6.07 Å². The number of anilines is 2. The number of halogens is 1. The predicted molar refractivity (Wildman–Crippen MR) is 117 cm³/mol. The number of ether oxygens (including phenoxy) is 2. The summed E-state index contributed by atoms with van der Waals surface area (Å²) in [5.74, 6) is 2.58. The molecule has 0 aliphatic carbocycles. The van der Waals surface area contributed by atoms with E-state index >= 15 is 0 Å². The minimum absolute atomic E-state index is 0. The largest absolute Gasteiger partial charge is 0.493 e. The molecular formula is C18H26IN5O2. The molecule has 0 fully saturated rings. The van der Waals surface area contributed by atoms with Crippen LogP contribution in [0.5, 0.6) is 11.5 Å². The first-order valence-corrected chi connectivity index (χ1v) is 8.17. The first kappa shape index (κ1) is 21.8. The fraction of sp³-hybridized carbons (Fsp3) is 0.333. The molecule has 8 heteroatoms. The molecule has 0 saturated carbocycles. The van der Waals surface area contributed by atoms with Crippen molar-refractivity contribution in [1.29, 1.82) is 0 Å². The second kappa shape index (κ2) is 12.2.